The van der Waals surface area contributed by atoms with Crippen molar-refractivity contribution in [3.05, 3.63) is 73.1 Å². The summed E-state index contributed by atoms with van der Waals surface area (Å²) in [6.45, 7) is 0. The van der Waals surface area contributed by atoms with Crippen LogP contribution in [0, 0.1) is 6.07 Å². The van der Waals surface area contributed by atoms with Crippen molar-refractivity contribution in [2.75, 3.05) is 0 Å². The van der Waals surface area contributed by atoms with Crippen LogP contribution < -0.4 is 0 Å². The molecule has 3 aromatic rings. The second kappa shape index (κ2) is 6.37. The summed E-state index contributed by atoms with van der Waals surface area (Å²) in [7, 11) is 0. The van der Waals surface area contributed by atoms with Gasteiger partial charge in [0.25, 0.3) is 0 Å². The Morgan fingerprint density at radius 3 is 2.26 bits per heavy atom. The molecule has 3 heteroatoms. The van der Waals surface area contributed by atoms with Gasteiger partial charge in [-0.3, -0.25) is 9.97 Å². The van der Waals surface area contributed by atoms with Gasteiger partial charge in [-0.1, -0.05) is 30.3 Å². The van der Waals surface area contributed by atoms with E-state index < -0.39 is 0 Å². The minimum atomic E-state index is 0. The summed E-state index contributed by atoms with van der Waals surface area (Å²) in [5.74, 6) is 0.704. The Balaban J connectivity index is 0.00000133. The number of hydrogen-bond acceptors (Lipinski definition) is 2. The first-order valence-electron chi connectivity index (χ1n) is 5.78. The van der Waals surface area contributed by atoms with Gasteiger partial charge in [0, 0.05) is 32.5 Å². The number of aromatic nitrogens is 2. The third-order valence-corrected chi connectivity index (χ3v) is 2.72. The van der Waals surface area contributed by atoms with E-state index in [-0.39, 0.29) is 20.1 Å². The molecule has 2 nitrogen and oxygen atoms in total. The number of hydrogen-bond donors (Lipinski definition) is 0. The summed E-state index contributed by atoms with van der Waals surface area (Å²) in [5.41, 5.74) is 3.25. The minimum absolute atomic E-state index is 0. The van der Waals surface area contributed by atoms with Gasteiger partial charge in [0.05, 0.1) is 5.82 Å². The van der Waals surface area contributed by atoms with Crippen LogP contribution in [0.5, 0.6) is 0 Å². The summed E-state index contributed by atoms with van der Waals surface area (Å²) < 4.78 is 0. The predicted molar refractivity (Wildman–Crippen MR) is 71.7 cm³/mol. The van der Waals surface area contributed by atoms with Gasteiger partial charge in [-0.15, -0.1) is 35.4 Å². The molecule has 0 aliphatic rings. The topological polar surface area (TPSA) is 25.8 Å². The molecule has 0 N–H and O–H groups in total. The van der Waals surface area contributed by atoms with Crippen LogP contribution in [0.3, 0.4) is 0 Å². The molecule has 0 saturated carbocycles. The van der Waals surface area contributed by atoms with E-state index in [1.807, 2.05) is 36.4 Å². The summed E-state index contributed by atoms with van der Waals surface area (Å²) in [4.78, 5) is 8.48. The van der Waals surface area contributed by atoms with Crippen LogP contribution in [-0.4, -0.2) is 9.97 Å². The molecule has 0 unspecified atom stereocenters. The van der Waals surface area contributed by atoms with E-state index in [2.05, 4.69) is 34.2 Å². The molecule has 95 valence electrons. The Kier molecular flexibility index (Phi) is 4.56. The average Bonchev–Trinajstić information content (AvgIpc) is 2.49. The van der Waals surface area contributed by atoms with Crippen molar-refractivity contribution in [2.45, 2.75) is 0 Å². The Hall–Kier alpha value is -1.83. The maximum absolute atomic E-state index is 4.24. The van der Waals surface area contributed by atoms with Gasteiger partial charge in [0.2, 0.25) is 0 Å². The van der Waals surface area contributed by atoms with Gasteiger partial charge in [0.1, 0.15) is 0 Å². The van der Waals surface area contributed by atoms with Crippen LogP contribution in [0.4, 0.5) is 0 Å². The summed E-state index contributed by atoms with van der Waals surface area (Å²) in [5, 5.41) is 0. The molecule has 1 aromatic heterocycles. The molecular formula is C16H11IrN2-. The number of benzene rings is 2. The minimum Gasteiger partial charge on any atom is -0.285 e. The first kappa shape index (κ1) is 13.6. The SMILES string of the molecule is [Ir].[c-]1ccc(-c2ccccc2)cc1-c1ncccn1. The summed E-state index contributed by atoms with van der Waals surface area (Å²) in [6, 6.07) is 21.2. The predicted octanol–water partition coefficient (Wildman–Crippen LogP) is 3.61. The fraction of sp³-hybridized carbons (Fsp3) is 0. The van der Waals surface area contributed by atoms with Crippen molar-refractivity contribution in [3.63, 3.8) is 0 Å². The molecule has 2 aromatic carbocycles. The van der Waals surface area contributed by atoms with Crippen LogP contribution >= 0.6 is 0 Å². The Morgan fingerprint density at radius 2 is 1.53 bits per heavy atom. The zero-order valence-electron chi connectivity index (χ0n) is 10.1. The molecule has 0 amide bonds. The van der Waals surface area contributed by atoms with E-state index in [0.717, 1.165) is 11.1 Å². The van der Waals surface area contributed by atoms with Crippen molar-refractivity contribution >= 4 is 0 Å². The molecule has 0 aliphatic carbocycles. The second-order valence-electron chi connectivity index (χ2n) is 3.93. The fourth-order valence-electron chi connectivity index (χ4n) is 1.84. The van der Waals surface area contributed by atoms with Crippen LogP contribution in [0.1, 0.15) is 0 Å². The smallest absolute Gasteiger partial charge is 0.0748 e. The second-order valence-corrected chi connectivity index (χ2v) is 3.93. The quantitative estimate of drug-likeness (QED) is 0.589. The van der Waals surface area contributed by atoms with Gasteiger partial charge in [-0.25, -0.2) is 0 Å². The number of rotatable bonds is 2. The zero-order valence-corrected chi connectivity index (χ0v) is 12.5. The largest absolute Gasteiger partial charge is 0.285 e. The van der Waals surface area contributed by atoms with Crippen molar-refractivity contribution in [1.82, 2.24) is 9.97 Å². The Labute approximate surface area is 125 Å². The molecule has 0 spiro atoms. The van der Waals surface area contributed by atoms with Crippen molar-refractivity contribution in [3.8, 4) is 22.5 Å². The summed E-state index contributed by atoms with van der Waals surface area (Å²) in [6.07, 6.45) is 3.48. The van der Waals surface area contributed by atoms with Gasteiger partial charge in [-0.05, 0) is 11.6 Å². The first-order valence-corrected chi connectivity index (χ1v) is 5.78. The van der Waals surface area contributed by atoms with Crippen LogP contribution in [-0.2, 0) is 20.1 Å². The van der Waals surface area contributed by atoms with Gasteiger partial charge in [0.15, 0.2) is 0 Å². The van der Waals surface area contributed by atoms with E-state index in [9.17, 15) is 0 Å². The van der Waals surface area contributed by atoms with E-state index in [0.29, 0.717) is 5.82 Å². The third-order valence-electron chi connectivity index (χ3n) is 2.72. The van der Waals surface area contributed by atoms with Crippen molar-refractivity contribution in [2.24, 2.45) is 0 Å². The molecule has 0 bridgehead atoms. The Bertz CT molecular complexity index is 584. The number of nitrogens with zero attached hydrogens (tertiary/aromatic N) is 2. The van der Waals surface area contributed by atoms with Crippen molar-refractivity contribution < 1.29 is 20.1 Å². The van der Waals surface area contributed by atoms with E-state index in [4.69, 9.17) is 0 Å². The monoisotopic (exact) mass is 424 g/mol. The maximum atomic E-state index is 4.24. The molecule has 0 atom stereocenters. The maximum Gasteiger partial charge on any atom is 0.0748 e. The first-order chi connectivity index (χ1) is 8.93. The molecule has 1 radical (unpaired) electrons. The molecule has 0 fully saturated rings. The van der Waals surface area contributed by atoms with Crippen LogP contribution in [0.25, 0.3) is 22.5 Å². The van der Waals surface area contributed by atoms with E-state index in [1.54, 1.807) is 12.4 Å². The zero-order chi connectivity index (χ0) is 12.2. The fourth-order valence-corrected chi connectivity index (χ4v) is 1.84. The Morgan fingerprint density at radius 1 is 0.789 bits per heavy atom. The van der Waals surface area contributed by atoms with Gasteiger partial charge in [-0.2, -0.15) is 0 Å². The van der Waals surface area contributed by atoms with Gasteiger partial charge >= 0.3 is 0 Å². The molecule has 19 heavy (non-hydrogen) atoms. The van der Waals surface area contributed by atoms with E-state index in [1.165, 1.54) is 5.56 Å². The standard InChI is InChI=1S/C16H11N2.Ir/c1-2-6-13(7-3-1)14-8-4-9-15(12-14)16-17-10-5-11-18-16;/h1-8,10-12H;/q-1;. The van der Waals surface area contributed by atoms with Gasteiger partial charge < -0.3 is 0 Å². The van der Waals surface area contributed by atoms with Crippen molar-refractivity contribution in [1.29, 1.82) is 0 Å². The summed E-state index contributed by atoms with van der Waals surface area (Å²) >= 11 is 0. The molecule has 3 rings (SSSR count). The molecule has 1 heterocycles. The molecular weight excluding hydrogens is 412 g/mol. The molecule has 0 aliphatic heterocycles. The molecule has 0 saturated heterocycles. The van der Waals surface area contributed by atoms with E-state index >= 15 is 0 Å². The van der Waals surface area contributed by atoms with Crippen LogP contribution in [0.2, 0.25) is 0 Å². The average molecular weight is 423 g/mol. The third kappa shape index (κ3) is 3.14. The van der Waals surface area contributed by atoms with Crippen LogP contribution in [0.15, 0.2) is 67.0 Å². The normalized spacial score (nSPS) is 9.68.